The number of epoxide rings is 1. The molecule has 1 heterocycles. The molecule has 0 bridgehead atoms. The summed E-state index contributed by atoms with van der Waals surface area (Å²) in [7, 11) is 1.69. The van der Waals surface area contributed by atoms with Crippen molar-refractivity contribution in [1.82, 2.24) is 10.9 Å². The van der Waals surface area contributed by atoms with Gasteiger partial charge in [-0.2, -0.15) is 11.8 Å². The van der Waals surface area contributed by atoms with Gasteiger partial charge in [-0.1, -0.05) is 41.9 Å². The highest BCUT2D eigenvalue weighted by molar-refractivity contribution is 7.98. The highest BCUT2D eigenvalue weighted by Gasteiger charge is 2.74. The number of carbonyl (C=O) groups is 1. The lowest BCUT2D eigenvalue weighted by Crippen LogP contribution is -2.71. The van der Waals surface area contributed by atoms with E-state index in [0.29, 0.717) is 25.0 Å². The Kier molecular flexibility index (Phi) is 10.7. The van der Waals surface area contributed by atoms with E-state index in [4.69, 9.17) is 9.47 Å². The molecule has 0 aromatic carbocycles. The highest BCUT2D eigenvalue weighted by atomic mass is 32.2. The normalized spacial score (nSPS) is 34.8. The van der Waals surface area contributed by atoms with Gasteiger partial charge in [0.05, 0.1) is 29.3 Å². The van der Waals surface area contributed by atoms with Gasteiger partial charge < -0.3 is 14.6 Å². The first kappa shape index (κ1) is 30.1. The van der Waals surface area contributed by atoms with E-state index in [1.165, 1.54) is 11.1 Å². The van der Waals surface area contributed by atoms with Crippen LogP contribution in [0.4, 0.5) is 0 Å². The zero-order valence-corrected chi connectivity index (χ0v) is 24.1. The van der Waals surface area contributed by atoms with Crippen LogP contribution in [-0.2, 0) is 14.3 Å². The third-order valence-corrected chi connectivity index (χ3v) is 8.72. The number of ether oxygens (including phenoxy) is 2. The molecule has 1 saturated carbocycles. The Hall–Kier alpha value is -1.12. The minimum absolute atomic E-state index is 0.0235. The molecule has 7 heteroatoms. The molecule has 1 amide bonds. The zero-order chi connectivity index (χ0) is 26.4. The van der Waals surface area contributed by atoms with Crippen LogP contribution in [0.3, 0.4) is 0 Å². The van der Waals surface area contributed by atoms with Crippen LogP contribution in [0.25, 0.3) is 0 Å². The maximum atomic E-state index is 12.6. The zero-order valence-electron chi connectivity index (χ0n) is 23.3. The summed E-state index contributed by atoms with van der Waals surface area (Å²) in [4.78, 5) is 12.6. The van der Waals surface area contributed by atoms with Gasteiger partial charge in [0, 0.05) is 19.3 Å². The van der Waals surface area contributed by atoms with Crippen LogP contribution in [0.1, 0.15) is 80.6 Å². The van der Waals surface area contributed by atoms with E-state index < -0.39 is 16.6 Å². The van der Waals surface area contributed by atoms with Crippen LogP contribution in [0, 0.1) is 5.41 Å². The molecule has 1 aliphatic heterocycles. The Morgan fingerprint density at radius 3 is 2.37 bits per heavy atom. The fraction of sp³-hybridized carbons (Fsp3) is 0.750. The summed E-state index contributed by atoms with van der Waals surface area (Å²) < 4.78 is 12.4. The quantitative estimate of drug-likeness (QED) is 0.193. The average Bonchev–Trinajstić information content (AvgIpc) is 3.44. The number of allylic oxidation sites excluding steroid dienone is 4. The van der Waals surface area contributed by atoms with Crippen molar-refractivity contribution in [2.24, 2.45) is 5.41 Å². The third-order valence-electron chi connectivity index (χ3n) is 7.95. The van der Waals surface area contributed by atoms with Crippen LogP contribution in [0.15, 0.2) is 34.9 Å². The van der Waals surface area contributed by atoms with Crippen LogP contribution in [-0.4, -0.2) is 59.6 Å². The summed E-state index contributed by atoms with van der Waals surface area (Å²) in [5, 5.41) is 12.0. The van der Waals surface area contributed by atoms with Gasteiger partial charge >= 0.3 is 0 Å². The summed E-state index contributed by atoms with van der Waals surface area (Å²) in [6.45, 7) is 14.5. The Morgan fingerprint density at radius 1 is 1.14 bits per heavy atom. The number of hydrazine groups is 1. The SMILES string of the molecule is CO[C@@H]1C(NNC(=O)C/C(C)=C/CC=C(C)C)CC[C@](O)(CSC)[C@@]1(C)C1(C)OC1CC=C(C)C. The van der Waals surface area contributed by atoms with Crippen LogP contribution in [0.5, 0.6) is 0 Å². The van der Waals surface area contributed by atoms with Gasteiger partial charge in [0.25, 0.3) is 0 Å². The van der Waals surface area contributed by atoms with Crippen molar-refractivity contribution in [3.05, 3.63) is 34.9 Å². The first-order valence-electron chi connectivity index (χ1n) is 12.7. The van der Waals surface area contributed by atoms with Crippen LogP contribution < -0.4 is 10.9 Å². The van der Waals surface area contributed by atoms with Gasteiger partial charge in [0.15, 0.2) is 0 Å². The second-order valence-electron chi connectivity index (χ2n) is 11.1. The summed E-state index contributed by atoms with van der Waals surface area (Å²) in [5.41, 5.74) is 7.57. The first-order chi connectivity index (χ1) is 16.3. The Balaban J connectivity index is 2.17. The molecule has 0 aromatic rings. The Labute approximate surface area is 217 Å². The predicted molar refractivity (Wildman–Crippen MR) is 146 cm³/mol. The molecule has 2 fully saturated rings. The molecule has 0 radical (unpaired) electrons. The second-order valence-corrected chi connectivity index (χ2v) is 12.0. The number of methoxy groups -OCH3 is 1. The Bertz CT molecular complexity index is 833. The van der Waals surface area contributed by atoms with E-state index in [1.54, 1.807) is 18.9 Å². The maximum Gasteiger partial charge on any atom is 0.238 e. The lowest BCUT2D eigenvalue weighted by atomic mass is 9.55. The summed E-state index contributed by atoms with van der Waals surface area (Å²) >= 11 is 1.65. The lowest BCUT2D eigenvalue weighted by Gasteiger charge is -2.57. The van der Waals surface area contributed by atoms with E-state index in [-0.39, 0.29) is 24.2 Å². The molecule has 2 rings (SSSR count). The molecule has 3 N–H and O–H groups in total. The first-order valence-corrected chi connectivity index (χ1v) is 14.1. The lowest BCUT2D eigenvalue weighted by molar-refractivity contribution is -0.201. The van der Waals surface area contributed by atoms with Gasteiger partial charge in [0.1, 0.15) is 5.60 Å². The van der Waals surface area contributed by atoms with Gasteiger partial charge in [-0.05, 0) is 73.5 Å². The van der Waals surface area contributed by atoms with Crippen molar-refractivity contribution in [2.75, 3.05) is 19.1 Å². The molecule has 0 spiro atoms. The fourth-order valence-corrected chi connectivity index (χ4v) is 6.52. The monoisotopic (exact) mass is 508 g/mol. The van der Waals surface area contributed by atoms with E-state index >= 15 is 0 Å². The average molecular weight is 509 g/mol. The second kappa shape index (κ2) is 12.4. The molecular formula is C28H48N2O4S. The summed E-state index contributed by atoms with van der Waals surface area (Å²) in [5.74, 6) is 0.527. The molecule has 1 aliphatic carbocycles. The van der Waals surface area contributed by atoms with Crippen molar-refractivity contribution in [2.45, 2.75) is 110 Å². The van der Waals surface area contributed by atoms with Crippen molar-refractivity contribution in [3.63, 3.8) is 0 Å². The fourth-order valence-electron chi connectivity index (χ4n) is 5.60. The van der Waals surface area contributed by atoms with Gasteiger partial charge in [-0.25, -0.2) is 5.43 Å². The van der Waals surface area contributed by atoms with E-state index in [9.17, 15) is 9.90 Å². The number of nitrogens with one attached hydrogen (secondary N) is 2. The highest BCUT2D eigenvalue weighted by Crippen LogP contribution is 2.62. The largest absolute Gasteiger partial charge is 0.388 e. The standard InChI is InChI=1S/C28H48N2O4S/c1-19(2)11-10-12-21(5)17-24(31)30-29-22-15-16-28(32,18-35-9)26(6,25(22)33-8)27(7)23(34-27)14-13-20(3)4/h11-13,22-23,25,29,32H,10,14-18H2,1-9H3,(H,30,31)/b21-12+/t22?,23?,25-,26-,27?,28+/m1/s1. The molecule has 2 aliphatic rings. The maximum absolute atomic E-state index is 12.6. The number of aliphatic hydroxyl groups is 1. The molecule has 35 heavy (non-hydrogen) atoms. The molecule has 3 unspecified atom stereocenters. The smallest absolute Gasteiger partial charge is 0.238 e. The molecule has 200 valence electrons. The minimum atomic E-state index is -0.950. The number of rotatable bonds is 12. The third kappa shape index (κ3) is 6.80. The molecule has 6 atom stereocenters. The number of carbonyl (C=O) groups excluding carboxylic acids is 1. The summed E-state index contributed by atoms with van der Waals surface area (Å²) in [6, 6.07) is -0.142. The van der Waals surface area contributed by atoms with Crippen molar-refractivity contribution < 1.29 is 19.4 Å². The number of amides is 1. The number of hydrogen-bond acceptors (Lipinski definition) is 6. The molecular weight excluding hydrogens is 460 g/mol. The molecule has 0 aromatic heterocycles. The molecule has 1 saturated heterocycles. The Morgan fingerprint density at radius 2 is 1.80 bits per heavy atom. The van der Waals surface area contributed by atoms with Gasteiger partial charge in [0.2, 0.25) is 5.91 Å². The summed E-state index contributed by atoms with van der Waals surface area (Å²) in [6.07, 6.45) is 11.4. The van der Waals surface area contributed by atoms with E-state index in [1.807, 2.05) is 13.2 Å². The number of hydrogen-bond donors (Lipinski definition) is 3. The van der Waals surface area contributed by atoms with Crippen LogP contribution >= 0.6 is 11.8 Å². The van der Waals surface area contributed by atoms with Crippen molar-refractivity contribution in [3.8, 4) is 0 Å². The van der Waals surface area contributed by atoms with E-state index in [0.717, 1.165) is 18.4 Å². The van der Waals surface area contributed by atoms with E-state index in [2.05, 4.69) is 70.6 Å². The predicted octanol–water partition coefficient (Wildman–Crippen LogP) is 5.09. The van der Waals surface area contributed by atoms with Crippen molar-refractivity contribution >= 4 is 17.7 Å². The van der Waals surface area contributed by atoms with Crippen LogP contribution in [0.2, 0.25) is 0 Å². The molecule has 6 nitrogen and oxygen atoms in total. The van der Waals surface area contributed by atoms with Gasteiger partial charge in [-0.3, -0.25) is 10.2 Å². The minimum Gasteiger partial charge on any atom is -0.388 e. The topological polar surface area (TPSA) is 83.1 Å². The van der Waals surface area contributed by atoms with Crippen molar-refractivity contribution in [1.29, 1.82) is 0 Å². The van der Waals surface area contributed by atoms with Gasteiger partial charge in [-0.15, -0.1) is 0 Å². The number of thioether (sulfide) groups is 1.